The van der Waals surface area contributed by atoms with Crippen LogP contribution in [0.4, 0.5) is 20.5 Å². The van der Waals surface area contributed by atoms with Crippen molar-refractivity contribution in [2.75, 3.05) is 24.2 Å². The Morgan fingerprint density at radius 2 is 1.58 bits per heavy atom. The first-order valence-electron chi connectivity index (χ1n) is 9.89. The Kier molecular flexibility index (Phi) is 6.12. The van der Waals surface area contributed by atoms with Crippen LogP contribution in [-0.2, 0) is 6.42 Å². The molecule has 0 spiro atoms. The molecule has 4 rings (SSSR count). The van der Waals surface area contributed by atoms with E-state index in [1.807, 2.05) is 18.2 Å². The first-order valence-corrected chi connectivity index (χ1v) is 9.89. The smallest absolute Gasteiger partial charge is 0.224 e. The average molecular weight is 417 g/mol. The Balaban J connectivity index is 1.55. The molecule has 156 valence electrons. The molecule has 0 saturated carbocycles. The number of nitrogens with zero attached hydrogens (tertiary/aromatic N) is 3. The molecule has 2 N–H and O–H groups in total. The van der Waals surface area contributed by atoms with Crippen molar-refractivity contribution in [1.82, 2.24) is 15.0 Å². The van der Waals surface area contributed by atoms with Gasteiger partial charge >= 0.3 is 0 Å². The van der Waals surface area contributed by atoms with Crippen molar-refractivity contribution in [1.29, 1.82) is 0 Å². The molecule has 31 heavy (non-hydrogen) atoms. The standard InChI is InChI=1S/C24H21F2N5/c1-27-23-20(15-29-24(31-23)28-11-10-16-6-3-2-4-7-16)22-9-5-8-21(30-22)17-12-18(25)14-19(26)13-17/h2-9,12-15H,10-11H2,1H3,(H2,27,28,29,31). The van der Waals surface area contributed by atoms with Gasteiger partial charge < -0.3 is 10.6 Å². The fraction of sp³-hybridized carbons (Fsp3) is 0.125. The maximum Gasteiger partial charge on any atom is 0.224 e. The van der Waals surface area contributed by atoms with E-state index >= 15 is 0 Å². The quantitative estimate of drug-likeness (QED) is 0.434. The number of hydrogen-bond acceptors (Lipinski definition) is 5. The van der Waals surface area contributed by atoms with Crippen molar-refractivity contribution in [3.8, 4) is 22.5 Å². The second-order valence-electron chi connectivity index (χ2n) is 6.93. The lowest BCUT2D eigenvalue weighted by atomic mass is 10.1. The van der Waals surface area contributed by atoms with Gasteiger partial charge in [-0.2, -0.15) is 4.98 Å². The molecule has 7 heteroatoms. The predicted molar refractivity (Wildman–Crippen MR) is 119 cm³/mol. The second kappa shape index (κ2) is 9.30. The Bertz CT molecular complexity index is 1160. The van der Waals surface area contributed by atoms with Crippen LogP contribution in [0.1, 0.15) is 5.56 Å². The highest BCUT2D eigenvalue weighted by Crippen LogP contribution is 2.28. The maximum atomic E-state index is 13.6. The van der Waals surface area contributed by atoms with Gasteiger partial charge in [0.15, 0.2) is 0 Å². The zero-order valence-electron chi connectivity index (χ0n) is 16.9. The van der Waals surface area contributed by atoms with Gasteiger partial charge in [-0.15, -0.1) is 0 Å². The van der Waals surface area contributed by atoms with Crippen LogP contribution in [0, 0.1) is 11.6 Å². The SMILES string of the molecule is CNc1nc(NCCc2ccccc2)ncc1-c1cccc(-c2cc(F)cc(F)c2)n1. The molecule has 0 atom stereocenters. The van der Waals surface area contributed by atoms with Gasteiger partial charge in [0.25, 0.3) is 0 Å². The zero-order valence-corrected chi connectivity index (χ0v) is 16.9. The van der Waals surface area contributed by atoms with E-state index in [9.17, 15) is 8.78 Å². The van der Waals surface area contributed by atoms with E-state index in [0.717, 1.165) is 12.5 Å². The Hall–Kier alpha value is -3.87. The van der Waals surface area contributed by atoms with Gasteiger partial charge in [0.1, 0.15) is 17.5 Å². The summed E-state index contributed by atoms with van der Waals surface area (Å²) in [7, 11) is 1.77. The van der Waals surface area contributed by atoms with Crippen molar-refractivity contribution >= 4 is 11.8 Å². The van der Waals surface area contributed by atoms with Gasteiger partial charge in [-0.25, -0.2) is 18.7 Å². The van der Waals surface area contributed by atoms with E-state index in [2.05, 4.69) is 37.7 Å². The largest absolute Gasteiger partial charge is 0.372 e. The third kappa shape index (κ3) is 5.01. The summed E-state index contributed by atoms with van der Waals surface area (Å²) >= 11 is 0. The number of hydrogen-bond donors (Lipinski definition) is 2. The van der Waals surface area contributed by atoms with Gasteiger partial charge in [-0.05, 0) is 36.2 Å². The number of pyridine rings is 1. The molecule has 0 amide bonds. The molecule has 0 saturated heterocycles. The monoisotopic (exact) mass is 417 g/mol. The lowest BCUT2D eigenvalue weighted by Crippen LogP contribution is -2.09. The fourth-order valence-electron chi connectivity index (χ4n) is 3.26. The molecule has 0 unspecified atom stereocenters. The van der Waals surface area contributed by atoms with Crippen LogP contribution in [0.5, 0.6) is 0 Å². The van der Waals surface area contributed by atoms with E-state index in [1.54, 1.807) is 31.4 Å². The summed E-state index contributed by atoms with van der Waals surface area (Å²) in [6.07, 6.45) is 2.54. The molecule has 2 heterocycles. The summed E-state index contributed by atoms with van der Waals surface area (Å²) in [4.78, 5) is 13.5. The number of halogens is 2. The van der Waals surface area contributed by atoms with Crippen molar-refractivity contribution in [2.45, 2.75) is 6.42 Å². The van der Waals surface area contributed by atoms with Gasteiger partial charge in [-0.1, -0.05) is 36.4 Å². The van der Waals surface area contributed by atoms with E-state index in [0.29, 0.717) is 40.8 Å². The Morgan fingerprint density at radius 3 is 2.32 bits per heavy atom. The van der Waals surface area contributed by atoms with Crippen molar-refractivity contribution < 1.29 is 8.78 Å². The van der Waals surface area contributed by atoms with Crippen LogP contribution in [0.2, 0.25) is 0 Å². The molecule has 0 aliphatic rings. The van der Waals surface area contributed by atoms with Gasteiger partial charge in [-0.3, -0.25) is 0 Å². The predicted octanol–water partition coefficient (Wildman–Crippen LogP) is 5.18. The molecule has 4 aromatic rings. The van der Waals surface area contributed by atoms with E-state index in [1.165, 1.54) is 17.7 Å². The van der Waals surface area contributed by atoms with Gasteiger partial charge in [0.05, 0.1) is 17.0 Å². The minimum atomic E-state index is -0.646. The number of nitrogens with one attached hydrogen (secondary N) is 2. The number of aromatic nitrogens is 3. The topological polar surface area (TPSA) is 62.7 Å². The highest BCUT2D eigenvalue weighted by atomic mass is 19.1. The summed E-state index contributed by atoms with van der Waals surface area (Å²) in [6.45, 7) is 0.700. The van der Waals surface area contributed by atoms with Crippen LogP contribution in [0.3, 0.4) is 0 Å². The van der Waals surface area contributed by atoms with Crippen molar-refractivity contribution in [2.24, 2.45) is 0 Å². The fourth-order valence-corrected chi connectivity index (χ4v) is 3.26. The zero-order chi connectivity index (χ0) is 21.6. The second-order valence-corrected chi connectivity index (χ2v) is 6.93. The van der Waals surface area contributed by atoms with Crippen LogP contribution in [-0.4, -0.2) is 28.5 Å². The molecular weight excluding hydrogens is 396 g/mol. The molecular formula is C24H21F2N5. The first kappa shape index (κ1) is 20.4. The average Bonchev–Trinajstić information content (AvgIpc) is 2.79. The van der Waals surface area contributed by atoms with E-state index < -0.39 is 11.6 Å². The van der Waals surface area contributed by atoms with Crippen LogP contribution in [0.15, 0.2) is 72.9 Å². The summed E-state index contributed by atoms with van der Waals surface area (Å²) < 4.78 is 27.2. The van der Waals surface area contributed by atoms with E-state index in [4.69, 9.17) is 0 Å². The number of benzene rings is 2. The molecule has 0 bridgehead atoms. The Labute approximate surface area is 179 Å². The summed E-state index contributed by atoms with van der Waals surface area (Å²) in [5.74, 6) is -0.181. The first-order chi connectivity index (χ1) is 15.1. The number of rotatable bonds is 7. The van der Waals surface area contributed by atoms with Gasteiger partial charge in [0, 0.05) is 31.4 Å². The molecule has 2 aromatic heterocycles. The molecule has 0 radical (unpaired) electrons. The van der Waals surface area contributed by atoms with Gasteiger partial charge in [0.2, 0.25) is 5.95 Å². The maximum absolute atomic E-state index is 13.6. The normalized spacial score (nSPS) is 10.7. The minimum Gasteiger partial charge on any atom is -0.372 e. The number of anilines is 2. The lowest BCUT2D eigenvalue weighted by molar-refractivity contribution is 0.584. The lowest BCUT2D eigenvalue weighted by Gasteiger charge is -2.11. The minimum absolute atomic E-state index is 0.366. The van der Waals surface area contributed by atoms with Crippen molar-refractivity contribution in [3.63, 3.8) is 0 Å². The van der Waals surface area contributed by atoms with Crippen LogP contribution in [0.25, 0.3) is 22.5 Å². The third-order valence-corrected chi connectivity index (χ3v) is 4.75. The molecule has 0 aliphatic heterocycles. The van der Waals surface area contributed by atoms with E-state index in [-0.39, 0.29) is 0 Å². The molecule has 0 fully saturated rings. The highest BCUT2D eigenvalue weighted by molar-refractivity contribution is 5.74. The molecule has 0 aliphatic carbocycles. The van der Waals surface area contributed by atoms with Crippen LogP contribution >= 0.6 is 0 Å². The highest BCUT2D eigenvalue weighted by Gasteiger charge is 2.12. The Morgan fingerprint density at radius 1 is 0.839 bits per heavy atom. The third-order valence-electron chi connectivity index (χ3n) is 4.75. The van der Waals surface area contributed by atoms with Crippen LogP contribution < -0.4 is 10.6 Å². The molecule has 5 nitrogen and oxygen atoms in total. The summed E-state index contributed by atoms with van der Waals surface area (Å²) in [5, 5.41) is 6.30. The summed E-state index contributed by atoms with van der Waals surface area (Å²) in [6, 6.07) is 18.8. The summed E-state index contributed by atoms with van der Waals surface area (Å²) in [5.41, 5.74) is 3.35. The molecule has 2 aromatic carbocycles. The van der Waals surface area contributed by atoms with Crippen molar-refractivity contribution in [3.05, 3.63) is 90.1 Å².